The Morgan fingerprint density at radius 3 is 2.41 bits per heavy atom. The van der Waals surface area contributed by atoms with Crippen LogP contribution in [0.25, 0.3) is 0 Å². The van der Waals surface area contributed by atoms with Crippen molar-refractivity contribution >= 4 is 27.3 Å². The van der Waals surface area contributed by atoms with Crippen molar-refractivity contribution in [2.45, 2.75) is 52.5 Å². The second-order valence-electron chi connectivity index (χ2n) is 9.10. The molecule has 0 saturated carbocycles. The number of carbonyl (C=O) groups is 1. The Labute approximate surface area is 201 Å². The lowest BCUT2D eigenvalue weighted by molar-refractivity contribution is -0.384. The molecule has 0 fully saturated rings. The number of non-ortho nitro benzene ring substituents is 1. The van der Waals surface area contributed by atoms with Crippen molar-refractivity contribution < 1.29 is 22.9 Å². The van der Waals surface area contributed by atoms with E-state index in [-0.39, 0.29) is 36.4 Å². The van der Waals surface area contributed by atoms with Crippen LogP contribution in [-0.2, 0) is 20.2 Å². The summed E-state index contributed by atoms with van der Waals surface area (Å²) in [5.41, 5.74) is 1.28. The highest BCUT2D eigenvalue weighted by atomic mass is 32.2. The van der Waals surface area contributed by atoms with Crippen LogP contribution in [0.3, 0.4) is 0 Å². The van der Waals surface area contributed by atoms with Gasteiger partial charge in [-0.15, -0.1) is 0 Å². The number of benzene rings is 2. The van der Waals surface area contributed by atoms with Gasteiger partial charge in [0, 0.05) is 12.1 Å². The number of rotatable bonds is 10. The van der Waals surface area contributed by atoms with E-state index in [1.54, 1.807) is 13.8 Å². The molecule has 0 aliphatic heterocycles. The number of amides is 1. The summed E-state index contributed by atoms with van der Waals surface area (Å²) in [7, 11) is -3.92. The van der Waals surface area contributed by atoms with E-state index in [0.29, 0.717) is 5.56 Å². The van der Waals surface area contributed by atoms with E-state index in [4.69, 9.17) is 4.74 Å². The number of hydrogen-bond donors (Lipinski definition) is 1. The SMILES string of the molecule is CCC(C(=O)NCCOc1ccccc1C(C)(C)C)N(c1cc([N+](=O)[O-])ccc1C)S(C)(=O)=O. The molecule has 0 heterocycles. The van der Waals surface area contributed by atoms with Gasteiger partial charge in [0.25, 0.3) is 5.69 Å². The van der Waals surface area contributed by atoms with E-state index in [0.717, 1.165) is 21.9 Å². The Kier molecular flexibility index (Phi) is 8.66. The zero-order valence-electron chi connectivity index (χ0n) is 20.5. The zero-order chi connectivity index (χ0) is 25.7. The van der Waals surface area contributed by atoms with Gasteiger partial charge in [-0.25, -0.2) is 8.42 Å². The first kappa shape index (κ1) is 27.1. The summed E-state index contributed by atoms with van der Waals surface area (Å²) in [6.07, 6.45) is 1.16. The lowest BCUT2D eigenvalue weighted by Crippen LogP contribution is -2.50. The third-order valence-corrected chi connectivity index (χ3v) is 6.49. The third kappa shape index (κ3) is 6.69. The fourth-order valence-electron chi connectivity index (χ4n) is 3.65. The Balaban J connectivity index is 2.19. The lowest BCUT2D eigenvalue weighted by Gasteiger charge is -2.31. The Bertz CT molecular complexity index is 1140. The van der Waals surface area contributed by atoms with E-state index >= 15 is 0 Å². The number of carbonyl (C=O) groups excluding carboxylic acids is 1. The number of anilines is 1. The number of hydrogen-bond acceptors (Lipinski definition) is 6. The lowest BCUT2D eigenvalue weighted by atomic mass is 9.86. The predicted octanol–water partition coefficient (Wildman–Crippen LogP) is 3.94. The van der Waals surface area contributed by atoms with Crippen molar-refractivity contribution in [3.05, 3.63) is 63.7 Å². The minimum atomic E-state index is -3.92. The van der Waals surface area contributed by atoms with E-state index in [1.807, 2.05) is 24.3 Å². The number of aryl methyl sites for hydroxylation is 1. The first-order chi connectivity index (χ1) is 15.8. The number of sulfonamides is 1. The van der Waals surface area contributed by atoms with Gasteiger partial charge in [-0.05, 0) is 36.0 Å². The summed E-state index contributed by atoms with van der Waals surface area (Å²) in [5, 5.41) is 14.0. The molecule has 1 atom stereocenters. The average molecular weight is 492 g/mol. The van der Waals surface area contributed by atoms with Crippen LogP contribution >= 0.6 is 0 Å². The third-order valence-electron chi connectivity index (χ3n) is 5.32. The molecule has 10 heteroatoms. The second-order valence-corrected chi connectivity index (χ2v) is 11.0. The molecule has 2 rings (SSSR count). The Morgan fingerprint density at radius 2 is 1.85 bits per heavy atom. The van der Waals surface area contributed by atoms with Crippen molar-refractivity contribution in [1.29, 1.82) is 0 Å². The molecular weight excluding hydrogens is 458 g/mol. The van der Waals surface area contributed by atoms with Crippen LogP contribution in [0.15, 0.2) is 42.5 Å². The highest BCUT2D eigenvalue weighted by Gasteiger charge is 2.33. The fourth-order valence-corrected chi connectivity index (χ4v) is 4.91. The van der Waals surface area contributed by atoms with E-state index in [1.165, 1.54) is 18.2 Å². The predicted molar refractivity (Wildman–Crippen MR) is 133 cm³/mol. The average Bonchev–Trinajstić information content (AvgIpc) is 2.74. The first-order valence-electron chi connectivity index (χ1n) is 11.0. The van der Waals surface area contributed by atoms with Crippen LogP contribution in [0.2, 0.25) is 0 Å². The molecular formula is C24H33N3O6S. The normalized spacial score (nSPS) is 12.6. The molecule has 186 valence electrons. The standard InChI is InChI=1S/C24H33N3O6S/c1-7-20(26(34(6,31)32)21-16-18(27(29)30)13-12-17(21)2)23(28)25-14-15-33-22-11-9-8-10-19(22)24(3,4)5/h8-13,16,20H,7,14-15H2,1-6H3,(H,25,28). The number of nitrogens with zero attached hydrogens (tertiary/aromatic N) is 2. The van der Waals surface area contributed by atoms with E-state index < -0.39 is 26.9 Å². The van der Waals surface area contributed by atoms with Crippen LogP contribution in [0, 0.1) is 17.0 Å². The molecule has 0 spiro atoms. The van der Waals surface area contributed by atoms with Crippen molar-refractivity contribution in [2.24, 2.45) is 0 Å². The van der Waals surface area contributed by atoms with Crippen LogP contribution in [0.4, 0.5) is 11.4 Å². The number of nitro benzene ring substituents is 1. The topological polar surface area (TPSA) is 119 Å². The maximum absolute atomic E-state index is 13.0. The van der Waals surface area contributed by atoms with Gasteiger partial charge in [-0.3, -0.25) is 19.2 Å². The molecule has 0 aliphatic rings. The number of nitrogens with one attached hydrogen (secondary N) is 1. The van der Waals surface area contributed by atoms with Gasteiger partial charge in [0.1, 0.15) is 18.4 Å². The highest BCUT2D eigenvalue weighted by molar-refractivity contribution is 7.92. The summed E-state index contributed by atoms with van der Waals surface area (Å²) in [5.74, 6) is 0.216. The quantitative estimate of drug-likeness (QED) is 0.305. The van der Waals surface area contributed by atoms with Crippen molar-refractivity contribution in [3.8, 4) is 5.75 Å². The maximum atomic E-state index is 13.0. The first-order valence-corrected chi connectivity index (χ1v) is 12.9. The zero-order valence-corrected chi connectivity index (χ0v) is 21.3. The van der Waals surface area contributed by atoms with Gasteiger partial charge in [-0.2, -0.15) is 0 Å². The summed E-state index contributed by atoms with van der Waals surface area (Å²) < 4.78 is 32.2. The minimum Gasteiger partial charge on any atom is -0.491 e. The van der Waals surface area contributed by atoms with Gasteiger partial charge in [0.15, 0.2) is 0 Å². The molecule has 0 radical (unpaired) electrons. The largest absolute Gasteiger partial charge is 0.491 e. The number of para-hydroxylation sites is 1. The summed E-state index contributed by atoms with van der Waals surface area (Å²) >= 11 is 0. The van der Waals surface area contributed by atoms with Crippen molar-refractivity contribution in [1.82, 2.24) is 5.32 Å². The second kappa shape index (κ2) is 10.9. The van der Waals surface area contributed by atoms with E-state index in [2.05, 4.69) is 26.1 Å². The van der Waals surface area contributed by atoms with Crippen LogP contribution in [0.5, 0.6) is 5.75 Å². The van der Waals surface area contributed by atoms with Gasteiger partial charge in [-0.1, -0.05) is 52.0 Å². The highest BCUT2D eigenvalue weighted by Crippen LogP contribution is 2.31. The Morgan fingerprint density at radius 1 is 1.21 bits per heavy atom. The number of ether oxygens (including phenoxy) is 1. The van der Waals surface area contributed by atoms with Crippen LogP contribution in [0.1, 0.15) is 45.2 Å². The molecule has 2 aromatic rings. The summed E-state index contributed by atoms with van der Waals surface area (Å²) in [6, 6.07) is 10.6. The summed E-state index contributed by atoms with van der Waals surface area (Å²) in [6.45, 7) is 9.94. The smallest absolute Gasteiger partial charge is 0.271 e. The molecule has 2 aromatic carbocycles. The molecule has 0 aromatic heterocycles. The van der Waals surface area contributed by atoms with Gasteiger partial charge in [0.2, 0.25) is 15.9 Å². The molecule has 1 unspecified atom stereocenters. The van der Waals surface area contributed by atoms with E-state index in [9.17, 15) is 23.3 Å². The molecule has 9 nitrogen and oxygen atoms in total. The maximum Gasteiger partial charge on any atom is 0.271 e. The molecule has 1 amide bonds. The van der Waals surface area contributed by atoms with Crippen molar-refractivity contribution in [2.75, 3.05) is 23.7 Å². The Hall–Kier alpha value is -3.14. The fraction of sp³-hybridized carbons (Fsp3) is 0.458. The van der Waals surface area contributed by atoms with Crippen LogP contribution in [-0.4, -0.2) is 44.7 Å². The van der Waals surface area contributed by atoms with Gasteiger partial charge in [0.05, 0.1) is 23.4 Å². The molecule has 0 aliphatic carbocycles. The molecule has 0 bridgehead atoms. The van der Waals surface area contributed by atoms with Crippen LogP contribution < -0.4 is 14.4 Å². The van der Waals surface area contributed by atoms with Gasteiger partial charge < -0.3 is 10.1 Å². The summed E-state index contributed by atoms with van der Waals surface area (Å²) in [4.78, 5) is 23.6. The molecule has 1 N–H and O–H groups in total. The molecule has 0 saturated heterocycles. The minimum absolute atomic E-state index is 0.106. The van der Waals surface area contributed by atoms with Crippen molar-refractivity contribution in [3.63, 3.8) is 0 Å². The number of nitro groups is 1. The van der Waals surface area contributed by atoms with Gasteiger partial charge >= 0.3 is 0 Å². The monoisotopic (exact) mass is 491 g/mol. The molecule has 34 heavy (non-hydrogen) atoms.